The molecule has 2 rings (SSSR count). The molecule has 0 aliphatic heterocycles. The number of hydrogen-bond donors (Lipinski definition) is 1. The van der Waals surface area contributed by atoms with Crippen LogP contribution in [0.5, 0.6) is 11.5 Å². The maximum Gasteiger partial charge on any atom is 0.261 e. The summed E-state index contributed by atoms with van der Waals surface area (Å²) in [5.74, 6) is 1.01. The maximum absolute atomic E-state index is 12.4. The van der Waals surface area contributed by atoms with Crippen LogP contribution in [0, 0.1) is 13.8 Å². The van der Waals surface area contributed by atoms with Gasteiger partial charge in [-0.2, -0.15) is 0 Å². The Morgan fingerprint density at radius 1 is 1.04 bits per heavy atom. The number of benzene rings is 2. The molecule has 0 aromatic heterocycles. The van der Waals surface area contributed by atoms with E-state index >= 15 is 0 Å². The molecule has 0 spiro atoms. The second-order valence-corrected chi connectivity index (χ2v) is 6.00. The normalized spacial score (nSPS) is 13.0. The molecular weight excluding hydrogens is 302 g/mol. The molecule has 0 saturated heterocycles. The van der Waals surface area contributed by atoms with Crippen LogP contribution in [0.2, 0.25) is 0 Å². The standard InChI is InChI=1S/C20H25NO3/c1-13-10-11-17(14(2)12-13)15(3)21-20(22)16(4)24-19-9-7-6-8-18(19)23-5/h6-12,15-16H,1-5H3,(H,21,22)/t15-,16+/m0/s1. The Kier molecular flexibility index (Phi) is 5.85. The molecular formula is C20H25NO3. The predicted molar refractivity (Wildman–Crippen MR) is 95.6 cm³/mol. The topological polar surface area (TPSA) is 47.6 Å². The first-order chi connectivity index (χ1) is 11.4. The molecule has 0 aliphatic rings. The molecule has 0 heterocycles. The highest BCUT2D eigenvalue weighted by molar-refractivity contribution is 5.81. The van der Waals surface area contributed by atoms with E-state index in [-0.39, 0.29) is 11.9 Å². The number of hydrogen-bond acceptors (Lipinski definition) is 3. The molecule has 1 N–H and O–H groups in total. The van der Waals surface area contributed by atoms with Crippen LogP contribution in [0.4, 0.5) is 0 Å². The minimum Gasteiger partial charge on any atom is -0.493 e. The summed E-state index contributed by atoms with van der Waals surface area (Å²) in [7, 11) is 1.58. The Balaban J connectivity index is 2.03. The van der Waals surface area contributed by atoms with Crippen molar-refractivity contribution in [3.05, 3.63) is 59.2 Å². The molecule has 2 aromatic carbocycles. The monoisotopic (exact) mass is 327 g/mol. The summed E-state index contributed by atoms with van der Waals surface area (Å²) < 4.78 is 11.0. The highest BCUT2D eigenvalue weighted by Crippen LogP contribution is 2.27. The zero-order valence-electron chi connectivity index (χ0n) is 14.9. The van der Waals surface area contributed by atoms with Crippen molar-refractivity contribution in [3.8, 4) is 11.5 Å². The van der Waals surface area contributed by atoms with Gasteiger partial charge in [0.1, 0.15) is 0 Å². The van der Waals surface area contributed by atoms with Crippen molar-refractivity contribution in [1.29, 1.82) is 0 Å². The SMILES string of the molecule is COc1ccccc1O[C@H](C)C(=O)N[C@@H](C)c1ccc(C)cc1C. The minimum absolute atomic E-state index is 0.0816. The third-order valence-corrected chi connectivity index (χ3v) is 3.99. The summed E-state index contributed by atoms with van der Waals surface area (Å²) in [6, 6.07) is 13.4. The molecule has 1 amide bonds. The lowest BCUT2D eigenvalue weighted by Crippen LogP contribution is -2.38. The molecule has 4 heteroatoms. The zero-order valence-corrected chi connectivity index (χ0v) is 14.9. The summed E-state index contributed by atoms with van der Waals surface area (Å²) in [6.07, 6.45) is -0.616. The fourth-order valence-corrected chi connectivity index (χ4v) is 2.68. The van der Waals surface area contributed by atoms with Gasteiger partial charge in [-0.25, -0.2) is 0 Å². The van der Waals surface area contributed by atoms with Crippen molar-refractivity contribution in [1.82, 2.24) is 5.32 Å². The van der Waals surface area contributed by atoms with Crippen LogP contribution < -0.4 is 14.8 Å². The highest BCUT2D eigenvalue weighted by atomic mass is 16.5. The first kappa shape index (κ1) is 17.9. The van der Waals surface area contributed by atoms with E-state index in [0.717, 1.165) is 5.56 Å². The van der Waals surface area contributed by atoms with Crippen molar-refractivity contribution in [2.45, 2.75) is 39.8 Å². The number of amides is 1. The van der Waals surface area contributed by atoms with Gasteiger partial charge in [0.05, 0.1) is 13.2 Å². The van der Waals surface area contributed by atoms with Crippen molar-refractivity contribution in [2.75, 3.05) is 7.11 Å². The third kappa shape index (κ3) is 4.28. The average Bonchev–Trinajstić information content (AvgIpc) is 2.55. The number of ether oxygens (including phenoxy) is 2. The van der Waals surface area contributed by atoms with E-state index in [9.17, 15) is 4.79 Å². The smallest absolute Gasteiger partial charge is 0.261 e. The first-order valence-corrected chi connectivity index (χ1v) is 8.09. The zero-order chi connectivity index (χ0) is 17.7. The average molecular weight is 327 g/mol. The number of carbonyl (C=O) groups excluding carboxylic acids is 1. The van der Waals surface area contributed by atoms with Gasteiger partial charge in [0, 0.05) is 0 Å². The van der Waals surface area contributed by atoms with Gasteiger partial charge in [-0.15, -0.1) is 0 Å². The lowest BCUT2D eigenvalue weighted by Gasteiger charge is -2.21. The van der Waals surface area contributed by atoms with E-state index in [2.05, 4.69) is 37.4 Å². The summed E-state index contributed by atoms with van der Waals surface area (Å²) in [5, 5.41) is 3.01. The van der Waals surface area contributed by atoms with Crippen LogP contribution in [0.1, 0.15) is 36.6 Å². The van der Waals surface area contributed by atoms with E-state index < -0.39 is 6.10 Å². The van der Waals surface area contributed by atoms with Gasteiger partial charge in [-0.05, 0) is 51.0 Å². The summed E-state index contributed by atoms with van der Waals surface area (Å²) in [5.41, 5.74) is 3.49. The van der Waals surface area contributed by atoms with Crippen LogP contribution >= 0.6 is 0 Å². The minimum atomic E-state index is -0.616. The predicted octanol–water partition coefficient (Wildman–Crippen LogP) is 3.96. The second-order valence-electron chi connectivity index (χ2n) is 6.00. The van der Waals surface area contributed by atoms with Gasteiger partial charge in [0.2, 0.25) is 0 Å². The van der Waals surface area contributed by atoms with Crippen LogP contribution in [-0.4, -0.2) is 19.1 Å². The number of methoxy groups -OCH3 is 1. The number of aryl methyl sites for hydroxylation is 2. The summed E-state index contributed by atoms with van der Waals surface area (Å²) in [6.45, 7) is 7.82. The molecule has 4 nitrogen and oxygen atoms in total. The quantitative estimate of drug-likeness (QED) is 0.874. The Morgan fingerprint density at radius 3 is 2.33 bits per heavy atom. The fraction of sp³-hybridized carbons (Fsp3) is 0.350. The van der Waals surface area contributed by atoms with E-state index in [0.29, 0.717) is 11.5 Å². The Morgan fingerprint density at radius 2 is 1.71 bits per heavy atom. The van der Waals surface area contributed by atoms with E-state index in [1.54, 1.807) is 26.2 Å². The molecule has 2 aromatic rings. The molecule has 0 bridgehead atoms. The molecule has 128 valence electrons. The van der Waals surface area contributed by atoms with Crippen molar-refractivity contribution in [3.63, 3.8) is 0 Å². The van der Waals surface area contributed by atoms with Gasteiger partial charge in [0.15, 0.2) is 17.6 Å². The van der Waals surface area contributed by atoms with Gasteiger partial charge >= 0.3 is 0 Å². The lowest BCUT2D eigenvalue weighted by atomic mass is 10.0. The number of rotatable bonds is 6. The van der Waals surface area contributed by atoms with Crippen molar-refractivity contribution < 1.29 is 14.3 Å². The van der Waals surface area contributed by atoms with Crippen LogP contribution in [-0.2, 0) is 4.79 Å². The Hall–Kier alpha value is -2.49. The number of carbonyl (C=O) groups is 1. The van der Waals surface area contributed by atoms with E-state index in [4.69, 9.17) is 9.47 Å². The van der Waals surface area contributed by atoms with Crippen LogP contribution in [0.3, 0.4) is 0 Å². The van der Waals surface area contributed by atoms with E-state index in [1.165, 1.54) is 11.1 Å². The molecule has 0 fully saturated rings. The third-order valence-electron chi connectivity index (χ3n) is 3.99. The van der Waals surface area contributed by atoms with Crippen LogP contribution in [0.25, 0.3) is 0 Å². The molecule has 0 radical (unpaired) electrons. The summed E-state index contributed by atoms with van der Waals surface area (Å²) in [4.78, 5) is 12.4. The van der Waals surface area contributed by atoms with Crippen LogP contribution in [0.15, 0.2) is 42.5 Å². The van der Waals surface area contributed by atoms with Crippen molar-refractivity contribution in [2.24, 2.45) is 0 Å². The Bertz CT molecular complexity index is 712. The molecule has 0 aliphatic carbocycles. The van der Waals surface area contributed by atoms with Gasteiger partial charge in [-0.3, -0.25) is 4.79 Å². The fourth-order valence-electron chi connectivity index (χ4n) is 2.68. The van der Waals surface area contributed by atoms with Crippen molar-refractivity contribution >= 4 is 5.91 Å². The second kappa shape index (κ2) is 7.86. The van der Waals surface area contributed by atoms with Gasteiger partial charge in [-0.1, -0.05) is 35.9 Å². The molecule has 0 unspecified atom stereocenters. The molecule has 24 heavy (non-hydrogen) atoms. The van der Waals surface area contributed by atoms with Gasteiger partial charge in [0.25, 0.3) is 5.91 Å². The molecule has 0 saturated carbocycles. The molecule has 2 atom stereocenters. The lowest BCUT2D eigenvalue weighted by molar-refractivity contribution is -0.127. The van der Waals surface area contributed by atoms with Gasteiger partial charge < -0.3 is 14.8 Å². The largest absolute Gasteiger partial charge is 0.493 e. The number of nitrogens with one attached hydrogen (secondary N) is 1. The van der Waals surface area contributed by atoms with E-state index in [1.807, 2.05) is 19.1 Å². The Labute approximate surface area is 143 Å². The summed E-state index contributed by atoms with van der Waals surface area (Å²) >= 11 is 0. The first-order valence-electron chi connectivity index (χ1n) is 8.09. The number of para-hydroxylation sites is 2. The maximum atomic E-state index is 12.4. The highest BCUT2D eigenvalue weighted by Gasteiger charge is 2.19.